The topological polar surface area (TPSA) is 88.4 Å². The highest BCUT2D eigenvalue weighted by Gasteiger charge is 2.34. The first-order valence-corrected chi connectivity index (χ1v) is 12.4. The molecule has 2 aliphatic heterocycles. The van der Waals surface area contributed by atoms with Gasteiger partial charge in [0.15, 0.2) is 16.3 Å². The summed E-state index contributed by atoms with van der Waals surface area (Å²) in [6.45, 7) is 3.83. The van der Waals surface area contributed by atoms with Crippen LogP contribution in [0.4, 0.5) is 0 Å². The molecule has 3 heterocycles. The molecule has 0 fully saturated rings. The van der Waals surface area contributed by atoms with Crippen molar-refractivity contribution < 1.29 is 23.7 Å². The van der Waals surface area contributed by atoms with Crippen LogP contribution in [-0.2, 0) is 9.53 Å². The molecular weight excluding hydrogens is 536 g/mol. The molecular formula is C25H21BrN2O6S. The number of aromatic nitrogens is 1. The summed E-state index contributed by atoms with van der Waals surface area (Å²) >= 11 is 4.75. The fraction of sp³-hybridized carbons (Fsp3) is 0.240. The number of thiazole rings is 1. The monoisotopic (exact) mass is 556 g/mol. The average Bonchev–Trinajstić information content (AvgIpc) is 3.42. The largest absolute Gasteiger partial charge is 0.496 e. The third-order valence-corrected chi connectivity index (χ3v) is 7.31. The maximum atomic E-state index is 13.7. The van der Waals surface area contributed by atoms with Crippen LogP contribution in [0.2, 0.25) is 0 Å². The lowest BCUT2D eigenvalue weighted by atomic mass is 9.95. The number of carbonyl (C=O) groups excluding carboxylic acids is 1. The van der Waals surface area contributed by atoms with Crippen LogP contribution in [0, 0.1) is 0 Å². The summed E-state index contributed by atoms with van der Waals surface area (Å²) in [6, 6.07) is 10.3. The molecule has 3 aromatic rings. The third-order valence-electron chi connectivity index (χ3n) is 5.70. The van der Waals surface area contributed by atoms with Gasteiger partial charge in [0.05, 0.1) is 40.0 Å². The number of esters is 1. The van der Waals surface area contributed by atoms with Gasteiger partial charge in [-0.15, -0.1) is 0 Å². The van der Waals surface area contributed by atoms with E-state index in [2.05, 4.69) is 20.9 Å². The lowest BCUT2D eigenvalue weighted by Crippen LogP contribution is -2.39. The van der Waals surface area contributed by atoms with E-state index in [1.807, 2.05) is 24.3 Å². The van der Waals surface area contributed by atoms with Crippen LogP contribution in [0.3, 0.4) is 0 Å². The minimum atomic E-state index is -0.718. The molecule has 0 saturated heterocycles. The number of benzene rings is 2. The fourth-order valence-corrected chi connectivity index (χ4v) is 5.72. The molecule has 0 spiro atoms. The van der Waals surface area contributed by atoms with Crippen molar-refractivity contribution in [3.63, 3.8) is 0 Å². The fourth-order valence-electron chi connectivity index (χ4n) is 4.11. The lowest BCUT2D eigenvalue weighted by molar-refractivity contribution is -0.139. The van der Waals surface area contributed by atoms with Crippen LogP contribution >= 0.6 is 27.3 Å². The van der Waals surface area contributed by atoms with E-state index in [0.717, 1.165) is 10.0 Å². The molecule has 1 aromatic heterocycles. The number of carbonyl (C=O) groups is 1. The molecule has 0 aliphatic carbocycles. The van der Waals surface area contributed by atoms with E-state index >= 15 is 0 Å². The molecule has 2 aromatic carbocycles. The standard InChI is InChI=1S/C25H21BrN2O6S/c1-4-32-24(30)21-13(2)27-25-28(22(21)15-6-8-18-19(11-15)34-12-33-18)23(29)20(35-25)10-14-5-7-17(31-3)16(26)9-14/h5-11,22H,4,12H2,1-3H3/b20-10-. The SMILES string of the molecule is CCOC(=O)C1=C(C)N=c2s/c(=C\c3ccc(OC)c(Br)c3)c(=O)n2C1c1ccc2c(c1)OCO2. The molecule has 10 heteroatoms. The quantitative estimate of drug-likeness (QED) is 0.448. The normalized spacial score (nSPS) is 16.7. The third kappa shape index (κ3) is 4.17. The molecule has 0 bridgehead atoms. The number of methoxy groups -OCH3 is 1. The van der Waals surface area contributed by atoms with Crippen LogP contribution in [0.15, 0.2) is 61.9 Å². The summed E-state index contributed by atoms with van der Waals surface area (Å²) in [5, 5.41) is 0. The van der Waals surface area contributed by atoms with E-state index in [1.165, 1.54) is 11.3 Å². The predicted octanol–water partition coefficient (Wildman–Crippen LogP) is 3.30. The Morgan fingerprint density at radius 3 is 2.80 bits per heavy atom. The van der Waals surface area contributed by atoms with Crippen LogP contribution in [0.1, 0.15) is 31.0 Å². The van der Waals surface area contributed by atoms with E-state index in [9.17, 15) is 9.59 Å². The van der Waals surface area contributed by atoms with Gasteiger partial charge >= 0.3 is 5.97 Å². The molecule has 1 unspecified atom stereocenters. The van der Waals surface area contributed by atoms with Gasteiger partial charge in [-0.1, -0.05) is 23.5 Å². The van der Waals surface area contributed by atoms with E-state index in [4.69, 9.17) is 18.9 Å². The predicted molar refractivity (Wildman–Crippen MR) is 134 cm³/mol. The highest BCUT2D eigenvalue weighted by Crippen LogP contribution is 2.38. The Balaban J connectivity index is 1.70. The molecule has 0 N–H and O–H groups in total. The molecule has 180 valence electrons. The molecule has 8 nitrogen and oxygen atoms in total. The Bertz CT molecular complexity index is 1550. The number of rotatable bonds is 5. The van der Waals surface area contributed by atoms with Crippen molar-refractivity contribution in [3.05, 3.63) is 83.0 Å². The van der Waals surface area contributed by atoms with E-state index in [1.54, 1.807) is 43.7 Å². The second kappa shape index (κ2) is 9.35. The van der Waals surface area contributed by atoms with Gasteiger partial charge in [0.1, 0.15) is 5.75 Å². The number of ether oxygens (including phenoxy) is 4. The van der Waals surface area contributed by atoms with E-state index in [-0.39, 0.29) is 19.0 Å². The molecule has 0 saturated carbocycles. The zero-order valence-electron chi connectivity index (χ0n) is 19.2. The first-order valence-electron chi connectivity index (χ1n) is 10.8. The van der Waals surface area contributed by atoms with Gasteiger partial charge in [-0.2, -0.15) is 0 Å². The van der Waals surface area contributed by atoms with Gasteiger partial charge in [0.2, 0.25) is 6.79 Å². The Morgan fingerprint density at radius 1 is 1.26 bits per heavy atom. The Kier molecular flexibility index (Phi) is 6.24. The van der Waals surface area contributed by atoms with Crippen LogP contribution in [0.25, 0.3) is 6.08 Å². The summed E-state index contributed by atoms with van der Waals surface area (Å²) in [6.07, 6.45) is 1.80. The maximum Gasteiger partial charge on any atom is 0.338 e. The van der Waals surface area contributed by atoms with Crippen LogP contribution in [0.5, 0.6) is 17.2 Å². The maximum absolute atomic E-state index is 13.7. The Morgan fingerprint density at radius 2 is 2.06 bits per heavy atom. The lowest BCUT2D eigenvalue weighted by Gasteiger charge is -2.24. The summed E-state index contributed by atoms with van der Waals surface area (Å²) in [7, 11) is 1.59. The second-order valence-corrected chi connectivity index (χ2v) is 9.67. The number of allylic oxidation sites excluding steroid dienone is 1. The van der Waals surface area contributed by atoms with Gasteiger partial charge in [0, 0.05) is 0 Å². The molecule has 5 rings (SSSR count). The highest BCUT2D eigenvalue weighted by molar-refractivity contribution is 9.10. The van der Waals surface area contributed by atoms with Crippen molar-refractivity contribution in [2.24, 2.45) is 4.99 Å². The average molecular weight is 557 g/mol. The first-order chi connectivity index (χ1) is 16.9. The molecule has 2 aliphatic rings. The molecule has 0 radical (unpaired) electrons. The van der Waals surface area contributed by atoms with Crippen LogP contribution < -0.4 is 29.1 Å². The zero-order chi connectivity index (χ0) is 24.7. The van der Waals surface area contributed by atoms with Gasteiger partial charge in [-0.3, -0.25) is 9.36 Å². The molecule has 1 atom stereocenters. The minimum Gasteiger partial charge on any atom is -0.496 e. The van der Waals surface area contributed by atoms with E-state index < -0.39 is 12.0 Å². The smallest absolute Gasteiger partial charge is 0.338 e. The number of fused-ring (bicyclic) bond motifs is 2. The summed E-state index contributed by atoms with van der Waals surface area (Å²) in [5.41, 5.74) is 2.09. The second-order valence-electron chi connectivity index (χ2n) is 7.81. The summed E-state index contributed by atoms with van der Waals surface area (Å²) < 4.78 is 24.4. The van der Waals surface area contributed by atoms with Crippen molar-refractivity contribution in [1.82, 2.24) is 4.57 Å². The van der Waals surface area contributed by atoms with Crippen molar-refractivity contribution in [2.45, 2.75) is 19.9 Å². The Labute approximate surface area is 212 Å². The minimum absolute atomic E-state index is 0.124. The van der Waals surface area contributed by atoms with Crippen molar-refractivity contribution in [2.75, 3.05) is 20.5 Å². The van der Waals surface area contributed by atoms with Gasteiger partial charge in [-0.05, 0) is 71.2 Å². The number of nitrogens with zero attached hydrogens (tertiary/aromatic N) is 2. The highest BCUT2D eigenvalue weighted by atomic mass is 79.9. The van der Waals surface area contributed by atoms with Gasteiger partial charge in [0.25, 0.3) is 5.56 Å². The summed E-state index contributed by atoms with van der Waals surface area (Å²) in [5.74, 6) is 1.36. The number of halogens is 1. The number of hydrogen-bond donors (Lipinski definition) is 0. The van der Waals surface area contributed by atoms with Crippen molar-refractivity contribution >= 4 is 39.3 Å². The van der Waals surface area contributed by atoms with Gasteiger partial charge in [-0.25, -0.2) is 9.79 Å². The van der Waals surface area contributed by atoms with E-state index in [0.29, 0.717) is 43.4 Å². The molecule has 35 heavy (non-hydrogen) atoms. The first kappa shape index (κ1) is 23.4. The number of hydrogen-bond acceptors (Lipinski definition) is 8. The zero-order valence-corrected chi connectivity index (χ0v) is 21.6. The molecule has 0 amide bonds. The van der Waals surface area contributed by atoms with Crippen LogP contribution in [-0.4, -0.2) is 31.0 Å². The Hall–Kier alpha value is -3.37. The van der Waals surface area contributed by atoms with Crippen molar-refractivity contribution in [1.29, 1.82) is 0 Å². The summed E-state index contributed by atoms with van der Waals surface area (Å²) in [4.78, 5) is 31.8. The van der Waals surface area contributed by atoms with Crippen molar-refractivity contribution in [3.8, 4) is 17.2 Å². The van der Waals surface area contributed by atoms with Gasteiger partial charge < -0.3 is 18.9 Å².